The standard InChI is InChI=1S/C22H19F3N2O3/c1-2-20(29)27-13-15-12-19(14-5-7-16(8-6-14)30-22(23,24)25)18-4-3-10-26-21(18)17(15)9-11-28/h2-8,10,12,28H,1,9,11,13H2,(H,27,29). The number of benzene rings is 2. The summed E-state index contributed by atoms with van der Waals surface area (Å²) in [6.07, 6.45) is -1.64. The Morgan fingerprint density at radius 1 is 1.23 bits per heavy atom. The van der Waals surface area contributed by atoms with Crippen LogP contribution in [-0.4, -0.2) is 29.0 Å². The maximum absolute atomic E-state index is 12.4. The Kier molecular flexibility index (Phi) is 6.37. The number of nitrogens with one attached hydrogen (secondary N) is 1. The fourth-order valence-corrected chi connectivity index (χ4v) is 3.23. The average Bonchev–Trinajstić information content (AvgIpc) is 2.72. The minimum Gasteiger partial charge on any atom is -0.406 e. The lowest BCUT2D eigenvalue weighted by Gasteiger charge is -2.17. The number of ether oxygens (including phenoxy) is 1. The second-order valence-electron chi connectivity index (χ2n) is 6.43. The summed E-state index contributed by atoms with van der Waals surface area (Å²) in [4.78, 5) is 16.1. The molecule has 8 heteroatoms. The number of rotatable bonds is 7. The summed E-state index contributed by atoms with van der Waals surface area (Å²) < 4.78 is 41.2. The van der Waals surface area contributed by atoms with E-state index >= 15 is 0 Å². The first-order chi connectivity index (χ1) is 14.3. The Balaban J connectivity index is 2.10. The summed E-state index contributed by atoms with van der Waals surface area (Å²) in [5.74, 6) is -0.662. The summed E-state index contributed by atoms with van der Waals surface area (Å²) in [5, 5.41) is 13.0. The molecule has 1 heterocycles. The van der Waals surface area contributed by atoms with Crippen LogP contribution in [0.5, 0.6) is 5.75 Å². The molecular weight excluding hydrogens is 397 g/mol. The van der Waals surface area contributed by atoms with Crippen LogP contribution in [0.15, 0.2) is 61.3 Å². The van der Waals surface area contributed by atoms with E-state index in [-0.39, 0.29) is 24.8 Å². The Bertz CT molecular complexity index is 1060. The van der Waals surface area contributed by atoms with Gasteiger partial charge in [0.05, 0.1) is 5.52 Å². The van der Waals surface area contributed by atoms with Gasteiger partial charge in [0.2, 0.25) is 5.91 Å². The number of pyridine rings is 1. The van der Waals surface area contributed by atoms with E-state index in [1.54, 1.807) is 12.3 Å². The van der Waals surface area contributed by atoms with Crippen LogP contribution >= 0.6 is 0 Å². The molecule has 0 saturated heterocycles. The number of aromatic nitrogens is 1. The van der Waals surface area contributed by atoms with Crippen LogP contribution in [-0.2, 0) is 17.8 Å². The number of hydrogen-bond acceptors (Lipinski definition) is 4. The largest absolute Gasteiger partial charge is 0.573 e. The molecule has 0 aliphatic rings. The number of hydrogen-bond donors (Lipinski definition) is 2. The molecule has 3 aromatic rings. The monoisotopic (exact) mass is 416 g/mol. The molecule has 0 spiro atoms. The zero-order valence-electron chi connectivity index (χ0n) is 15.9. The third kappa shape index (κ3) is 4.96. The van der Waals surface area contributed by atoms with E-state index < -0.39 is 6.36 Å². The summed E-state index contributed by atoms with van der Waals surface area (Å²) in [7, 11) is 0. The third-order valence-electron chi connectivity index (χ3n) is 4.49. The lowest BCUT2D eigenvalue weighted by atomic mass is 9.92. The molecule has 2 aromatic carbocycles. The summed E-state index contributed by atoms with van der Waals surface area (Å²) in [6, 6.07) is 11.0. The number of carbonyl (C=O) groups excluding carboxylic acids is 1. The summed E-state index contributed by atoms with van der Waals surface area (Å²) in [5.41, 5.74) is 3.59. The minimum atomic E-state index is -4.76. The SMILES string of the molecule is C=CC(=O)NCc1cc(-c2ccc(OC(F)(F)F)cc2)c2cccnc2c1CCO. The van der Waals surface area contributed by atoms with Crippen LogP contribution in [0.3, 0.4) is 0 Å². The Morgan fingerprint density at radius 3 is 2.60 bits per heavy atom. The zero-order valence-corrected chi connectivity index (χ0v) is 15.9. The van der Waals surface area contributed by atoms with Crippen molar-refractivity contribution in [1.29, 1.82) is 0 Å². The van der Waals surface area contributed by atoms with Gasteiger partial charge >= 0.3 is 6.36 Å². The van der Waals surface area contributed by atoms with Gasteiger partial charge in [-0.25, -0.2) is 0 Å². The lowest BCUT2D eigenvalue weighted by Crippen LogP contribution is -2.21. The summed E-state index contributed by atoms with van der Waals surface area (Å²) >= 11 is 0. The van der Waals surface area contributed by atoms with Gasteiger partial charge in [-0.2, -0.15) is 0 Å². The highest BCUT2D eigenvalue weighted by Crippen LogP contribution is 2.34. The number of aliphatic hydroxyl groups excluding tert-OH is 1. The third-order valence-corrected chi connectivity index (χ3v) is 4.49. The van der Waals surface area contributed by atoms with Crippen LogP contribution in [0.4, 0.5) is 13.2 Å². The molecule has 5 nitrogen and oxygen atoms in total. The molecule has 0 saturated carbocycles. The van der Waals surface area contributed by atoms with Crippen LogP contribution in [0.25, 0.3) is 22.0 Å². The maximum atomic E-state index is 12.4. The van der Waals surface area contributed by atoms with E-state index in [0.29, 0.717) is 17.5 Å². The van der Waals surface area contributed by atoms with Crippen molar-refractivity contribution in [3.63, 3.8) is 0 Å². The zero-order chi connectivity index (χ0) is 21.7. The van der Waals surface area contributed by atoms with Crippen molar-refractivity contribution in [2.45, 2.75) is 19.3 Å². The topological polar surface area (TPSA) is 71.5 Å². The molecule has 2 N–H and O–H groups in total. The molecule has 1 aromatic heterocycles. The fraction of sp³-hybridized carbons (Fsp3) is 0.182. The number of nitrogens with zero attached hydrogens (tertiary/aromatic N) is 1. The molecular formula is C22H19F3N2O3. The van der Waals surface area contributed by atoms with Gasteiger partial charge in [-0.05, 0) is 59.0 Å². The van der Waals surface area contributed by atoms with E-state index in [4.69, 9.17) is 0 Å². The number of alkyl halides is 3. The van der Waals surface area contributed by atoms with E-state index in [1.807, 2.05) is 12.1 Å². The van der Waals surface area contributed by atoms with Gasteiger partial charge in [-0.3, -0.25) is 9.78 Å². The van der Waals surface area contributed by atoms with Crippen molar-refractivity contribution in [2.24, 2.45) is 0 Å². The fourth-order valence-electron chi connectivity index (χ4n) is 3.23. The van der Waals surface area contributed by atoms with Gasteiger partial charge in [-0.15, -0.1) is 13.2 Å². The molecule has 0 atom stereocenters. The average molecular weight is 416 g/mol. The van der Waals surface area contributed by atoms with Gasteiger partial charge < -0.3 is 15.2 Å². The quantitative estimate of drug-likeness (QED) is 0.568. The minimum absolute atomic E-state index is 0.100. The highest BCUT2D eigenvalue weighted by atomic mass is 19.4. The first-order valence-electron chi connectivity index (χ1n) is 9.09. The Hall–Kier alpha value is -3.39. The van der Waals surface area contributed by atoms with Crippen LogP contribution < -0.4 is 10.1 Å². The van der Waals surface area contributed by atoms with Crippen molar-refractivity contribution >= 4 is 16.8 Å². The van der Waals surface area contributed by atoms with E-state index in [0.717, 1.165) is 28.2 Å². The second kappa shape index (κ2) is 8.96. The molecule has 0 bridgehead atoms. The molecule has 1 amide bonds. The maximum Gasteiger partial charge on any atom is 0.573 e. The van der Waals surface area contributed by atoms with Crippen molar-refractivity contribution < 1.29 is 27.8 Å². The van der Waals surface area contributed by atoms with Crippen LogP contribution in [0.2, 0.25) is 0 Å². The van der Waals surface area contributed by atoms with Gasteiger partial charge in [0.15, 0.2) is 0 Å². The second-order valence-corrected chi connectivity index (χ2v) is 6.43. The molecule has 0 fully saturated rings. The molecule has 0 radical (unpaired) electrons. The molecule has 0 aliphatic heterocycles. The first kappa shape index (κ1) is 21.3. The van der Waals surface area contributed by atoms with Crippen LogP contribution in [0.1, 0.15) is 11.1 Å². The summed E-state index contributed by atoms with van der Waals surface area (Å²) in [6.45, 7) is 3.51. The molecule has 0 unspecified atom stereocenters. The van der Waals surface area contributed by atoms with Crippen molar-refractivity contribution in [3.05, 3.63) is 72.4 Å². The van der Waals surface area contributed by atoms with E-state index in [9.17, 15) is 23.1 Å². The highest BCUT2D eigenvalue weighted by Gasteiger charge is 2.31. The number of halogens is 3. The van der Waals surface area contributed by atoms with Gasteiger partial charge in [-0.1, -0.05) is 24.8 Å². The number of carbonyl (C=O) groups is 1. The van der Waals surface area contributed by atoms with Gasteiger partial charge in [0.1, 0.15) is 5.75 Å². The Morgan fingerprint density at radius 2 is 1.97 bits per heavy atom. The molecule has 156 valence electrons. The van der Waals surface area contributed by atoms with E-state index in [1.165, 1.54) is 24.3 Å². The number of aliphatic hydroxyl groups is 1. The molecule has 0 aliphatic carbocycles. The lowest BCUT2D eigenvalue weighted by molar-refractivity contribution is -0.274. The molecule has 30 heavy (non-hydrogen) atoms. The van der Waals surface area contributed by atoms with Crippen molar-refractivity contribution in [3.8, 4) is 16.9 Å². The molecule has 3 rings (SSSR count). The Labute approximate surface area is 170 Å². The normalized spacial score (nSPS) is 11.3. The van der Waals surface area contributed by atoms with Gasteiger partial charge in [0, 0.05) is 24.7 Å². The van der Waals surface area contributed by atoms with Crippen molar-refractivity contribution in [2.75, 3.05) is 6.61 Å². The van der Waals surface area contributed by atoms with Crippen LogP contribution in [0, 0.1) is 0 Å². The highest BCUT2D eigenvalue weighted by molar-refractivity contribution is 5.97. The smallest absolute Gasteiger partial charge is 0.406 e. The predicted octanol–water partition coefficient (Wildman–Crippen LogP) is 4.14. The number of fused-ring (bicyclic) bond motifs is 1. The number of amides is 1. The predicted molar refractivity (Wildman–Crippen MR) is 107 cm³/mol. The van der Waals surface area contributed by atoms with Gasteiger partial charge in [0.25, 0.3) is 0 Å². The van der Waals surface area contributed by atoms with Crippen molar-refractivity contribution in [1.82, 2.24) is 10.3 Å². The first-order valence-corrected chi connectivity index (χ1v) is 9.09. The van der Waals surface area contributed by atoms with E-state index in [2.05, 4.69) is 21.6 Å².